The van der Waals surface area contributed by atoms with Gasteiger partial charge < -0.3 is 9.47 Å². The average Bonchev–Trinajstić information content (AvgIpc) is 2.93. The van der Waals surface area contributed by atoms with Gasteiger partial charge in [-0.15, -0.1) is 0 Å². The van der Waals surface area contributed by atoms with Crippen LogP contribution < -0.4 is 9.47 Å². The Balaban J connectivity index is 1.64. The molecule has 4 aromatic rings. The molecule has 0 aliphatic carbocycles. The zero-order chi connectivity index (χ0) is 35.3. The van der Waals surface area contributed by atoms with Crippen LogP contribution in [0.3, 0.4) is 0 Å². The zero-order valence-electron chi connectivity index (χ0n) is 32.2. The molecule has 0 bridgehead atoms. The Morgan fingerprint density at radius 1 is 0.362 bits per heavy atom. The van der Waals surface area contributed by atoms with Crippen molar-refractivity contribution in [1.82, 2.24) is 0 Å². The lowest BCUT2D eigenvalue weighted by atomic mass is 9.78. The van der Waals surface area contributed by atoms with Crippen LogP contribution in [0.15, 0.2) is 72.8 Å². The van der Waals surface area contributed by atoms with E-state index in [0.717, 1.165) is 23.0 Å². The van der Waals surface area contributed by atoms with E-state index in [4.69, 9.17) is 9.47 Å². The fraction of sp³-hybridized carbons (Fsp3) is 0.467. The van der Waals surface area contributed by atoms with Gasteiger partial charge >= 0.3 is 0 Å². The lowest BCUT2D eigenvalue weighted by Crippen LogP contribution is -2.20. The summed E-state index contributed by atoms with van der Waals surface area (Å²) in [6.07, 6.45) is 0. The van der Waals surface area contributed by atoms with Crippen LogP contribution in [0.25, 0.3) is 0 Å². The molecule has 0 saturated carbocycles. The minimum Gasteiger partial charge on any atom is -0.457 e. The number of hydrogen-bond acceptors (Lipinski definition) is 2. The van der Waals surface area contributed by atoms with Gasteiger partial charge in [-0.25, -0.2) is 0 Å². The van der Waals surface area contributed by atoms with Gasteiger partial charge in [-0.1, -0.05) is 157 Å². The van der Waals surface area contributed by atoms with Crippen LogP contribution in [0.5, 0.6) is 23.0 Å². The Hall–Kier alpha value is -3.52. The summed E-state index contributed by atoms with van der Waals surface area (Å²) >= 11 is 0. The number of benzene rings is 4. The highest BCUT2D eigenvalue weighted by Crippen LogP contribution is 2.45. The minimum atomic E-state index is -0.203. The topological polar surface area (TPSA) is 18.5 Å². The summed E-state index contributed by atoms with van der Waals surface area (Å²) < 4.78 is 13.5. The second-order valence-electron chi connectivity index (χ2n) is 18.3. The molecule has 4 rings (SSSR count). The van der Waals surface area contributed by atoms with Crippen molar-refractivity contribution >= 4 is 0 Å². The average molecular weight is 633 g/mol. The smallest absolute Gasteiger partial charge is 0.134 e. The summed E-state index contributed by atoms with van der Waals surface area (Å²) in [6, 6.07) is 26.4. The van der Waals surface area contributed by atoms with Crippen molar-refractivity contribution in [2.24, 2.45) is 0 Å². The van der Waals surface area contributed by atoms with Gasteiger partial charge in [0.2, 0.25) is 0 Å². The first-order valence-electron chi connectivity index (χ1n) is 17.3. The largest absolute Gasteiger partial charge is 0.457 e. The Kier molecular flexibility index (Phi) is 9.66. The van der Waals surface area contributed by atoms with Gasteiger partial charge in [0, 0.05) is 27.7 Å². The third-order valence-electron chi connectivity index (χ3n) is 9.29. The van der Waals surface area contributed by atoms with Crippen LogP contribution in [0.4, 0.5) is 0 Å². The van der Waals surface area contributed by atoms with Crippen molar-refractivity contribution in [3.8, 4) is 23.0 Å². The van der Waals surface area contributed by atoms with E-state index in [1.807, 2.05) is 0 Å². The molecule has 2 heteroatoms. The SMILES string of the molecule is Cc1cc(C(C)(C)C)c(Oc2ccc(C(C)(C)c3ccc(Oc4c(C(C)(C)C)cc(C)cc4C(C)(C)C)cc3)cc2)c(C(C)(C)C)c1. The van der Waals surface area contributed by atoms with E-state index < -0.39 is 0 Å². The van der Waals surface area contributed by atoms with Crippen molar-refractivity contribution < 1.29 is 9.47 Å². The number of aryl methyl sites for hydroxylation is 2. The van der Waals surface area contributed by atoms with Crippen molar-refractivity contribution in [3.63, 3.8) is 0 Å². The van der Waals surface area contributed by atoms with Crippen LogP contribution in [0.2, 0.25) is 0 Å². The number of rotatable bonds is 6. The lowest BCUT2D eigenvalue weighted by molar-refractivity contribution is 0.432. The summed E-state index contributed by atoms with van der Waals surface area (Å²) in [5.74, 6) is 3.68. The van der Waals surface area contributed by atoms with Gasteiger partial charge in [-0.05, 0) is 70.9 Å². The molecule has 0 saturated heterocycles. The predicted octanol–water partition coefficient (Wildman–Crippen LogP) is 13.4. The molecule has 0 unspecified atom stereocenters. The first-order valence-corrected chi connectivity index (χ1v) is 17.3. The molecule has 0 amide bonds. The summed E-state index contributed by atoms with van der Waals surface area (Å²) in [5.41, 5.74) is 9.60. The fourth-order valence-electron chi connectivity index (χ4n) is 6.28. The third kappa shape index (κ3) is 8.14. The molecule has 0 heterocycles. The molecule has 252 valence electrons. The number of ether oxygens (including phenoxy) is 2. The van der Waals surface area contributed by atoms with Gasteiger partial charge in [-0.3, -0.25) is 0 Å². The highest BCUT2D eigenvalue weighted by atomic mass is 16.5. The quantitative estimate of drug-likeness (QED) is 0.211. The van der Waals surface area contributed by atoms with Gasteiger partial charge in [0.25, 0.3) is 0 Å². The zero-order valence-corrected chi connectivity index (χ0v) is 32.2. The van der Waals surface area contributed by atoms with Crippen LogP contribution in [0, 0.1) is 13.8 Å². The lowest BCUT2D eigenvalue weighted by Gasteiger charge is -2.31. The molecule has 0 atom stereocenters. The molecule has 0 aliphatic heterocycles. The molecule has 0 fully saturated rings. The van der Waals surface area contributed by atoms with Gasteiger partial charge in [0.05, 0.1) is 0 Å². The molecule has 0 aromatic heterocycles. The Bertz CT molecular complexity index is 1510. The van der Waals surface area contributed by atoms with Gasteiger partial charge in [0.15, 0.2) is 0 Å². The van der Waals surface area contributed by atoms with Crippen LogP contribution in [-0.4, -0.2) is 0 Å². The molecule has 0 spiro atoms. The summed E-state index contributed by atoms with van der Waals surface area (Å²) in [4.78, 5) is 0. The first-order chi connectivity index (χ1) is 21.4. The molecular weight excluding hydrogens is 572 g/mol. The standard InChI is InChI=1S/C45H60O2/c1-29-25-35(41(3,4)5)39(36(26-29)42(6,7)8)46-33-21-17-31(18-22-33)45(15,16)32-19-23-34(24-20-32)47-40-37(43(9,10)11)27-30(2)28-38(40)44(12,13)14/h17-28H,1-16H3. The van der Waals surface area contributed by atoms with E-state index >= 15 is 0 Å². The van der Waals surface area contributed by atoms with E-state index in [9.17, 15) is 0 Å². The van der Waals surface area contributed by atoms with E-state index in [-0.39, 0.29) is 27.1 Å². The van der Waals surface area contributed by atoms with E-state index in [1.165, 1.54) is 44.5 Å². The first kappa shape index (κ1) is 36.3. The highest BCUT2D eigenvalue weighted by Gasteiger charge is 2.30. The normalized spacial score (nSPS) is 13.1. The fourth-order valence-corrected chi connectivity index (χ4v) is 6.28. The van der Waals surface area contributed by atoms with E-state index in [0.29, 0.717) is 0 Å². The van der Waals surface area contributed by atoms with Crippen LogP contribution in [-0.2, 0) is 27.1 Å². The van der Waals surface area contributed by atoms with Crippen molar-refractivity contribution in [3.05, 3.63) is 117 Å². The van der Waals surface area contributed by atoms with E-state index in [2.05, 4.69) is 184 Å². The molecule has 4 aromatic carbocycles. The maximum Gasteiger partial charge on any atom is 0.134 e. The van der Waals surface area contributed by atoms with Crippen LogP contribution in [0.1, 0.15) is 141 Å². The third-order valence-corrected chi connectivity index (χ3v) is 9.29. The molecule has 47 heavy (non-hydrogen) atoms. The minimum absolute atomic E-state index is 0.0404. The van der Waals surface area contributed by atoms with Crippen molar-refractivity contribution in [2.45, 2.75) is 138 Å². The highest BCUT2D eigenvalue weighted by molar-refractivity contribution is 5.54. The molecule has 0 radical (unpaired) electrons. The van der Waals surface area contributed by atoms with Gasteiger partial charge in [0.1, 0.15) is 23.0 Å². The predicted molar refractivity (Wildman–Crippen MR) is 202 cm³/mol. The van der Waals surface area contributed by atoms with Gasteiger partial charge in [-0.2, -0.15) is 0 Å². The second-order valence-corrected chi connectivity index (χ2v) is 18.3. The monoisotopic (exact) mass is 632 g/mol. The molecule has 0 N–H and O–H groups in total. The Morgan fingerprint density at radius 2 is 0.596 bits per heavy atom. The maximum atomic E-state index is 6.75. The van der Waals surface area contributed by atoms with Crippen molar-refractivity contribution in [2.75, 3.05) is 0 Å². The number of hydrogen-bond donors (Lipinski definition) is 0. The summed E-state index contributed by atoms with van der Waals surface area (Å²) in [6.45, 7) is 36.0. The Labute approximate surface area is 286 Å². The van der Waals surface area contributed by atoms with E-state index in [1.54, 1.807) is 0 Å². The molecule has 2 nitrogen and oxygen atoms in total. The second kappa shape index (κ2) is 12.5. The van der Waals surface area contributed by atoms with Crippen LogP contribution >= 0.6 is 0 Å². The molecule has 0 aliphatic rings. The summed E-state index contributed by atoms with van der Waals surface area (Å²) in [5, 5.41) is 0. The summed E-state index contributed by atoms with van der Waals surface area (Å²) in [7, 11) is 0. The van der Waals surface area contributed by atoms with Crippen molar-refractivity contribution in [1.29, 1.82) is 0 Å². The molecular formula is C45H60O2. The Morgan fingerprint density at radius 3 is 0.809 bits per heavy atom. The maximum absolute atomic E-state index is 6.75.